The van der Waals surface area contributed by atoms with Crippen molar-refractivity contribution in [2.75, 3.05) is 12.4 Å². The Labute approximate surface area is 95.3 Å². The molecule has 8 nitrogen and oxygen atoms in total. The molecule has 0 saturated heterocycles. The van der Waals surface area contributed by atoms with Gasteiger partial charge in [-0.05, 0) is 13.3 Å². The maximum Gasteiger partial charge on any atom is 0.351 e. The van der Waals surface area contributed by atoms with E-state index in [-0.39, 0.29) is 24.3 Å². The molecule has 0 bridgehead atoms. The summed E-state index contributed by atoms with van der Waals surface area (Å²) in [5.41, 5.74) is -0.775. The van der Waals surface area contributed by atoms with Gasteiger partial charge >= 0.3 is 5.69 Å². The van der Waals surface area contributed by atoms with Crippen molar-refractivity contribution in [3.05, 3.63) is 26.7 Å². The summed E-state index contributed by atoms with van der Waals surface area (Å²) in [6.07, 6.45) is 0.313. The van der Waals surface area contributed by atoms with E-state index in [1.807, 2.05) is 0 Å². The molecule has 4 N–H and O–H groups in total. The van der Waals surface area contributed by atoms with Gasteiger partial charge in [0.1, 0.15) is 5.82 Å². The van der Waals surface area contributed by atoms with E-state index in [4.69, 9.17) is 10.9 Å². The summed E-state index contributed by atoms with van der Waals surface area (Å²) in [6, 6.07) is 0. The van der Waals surface area contributed by atoms with Gasteiger partial charge in [-0.1, -0.05) is 0 Å². The first-order valence-electron chi connectivity index (χ1n) is 5.14. The largest absolute Gasteiger partial charge is 0.396 e. The Kier molecular flexibility index (Phi) is 2.72. The zero-order valence-corrected chi connectivity index (χ0v) is 9.30. The topological polar surface area (TPSA) is 119 Å². The molecule has 17 heavy (non-hydrogen) atoms. The minimum atomic E-state index is -0.637. The van der Waals surface area contributed by atoms with E-state index in [1.54, 1.807) is 6.92 Å². The van der Waals surface area contributed by atoms with Crippen LogP contribution in [0.5, 0.6) is 0 Å². The fourth-order valence-electron chi connectivity index (χ4n) is 1.67. The molecule has 0 unspecified atom stereocenters. The van der Waals surface area contributed by atoms with Crippen LogP contribution in [-0.4, -0.2) is 30.9 Å². The SMILES string of the molecule is Cc1nc2c([nH]1)c(=O)n(CCCO)c(=O)n2N. The van der Waals surface area contributed by atoms with Crippen molar-refractivity contribution in [1.29, 1.82) is 0 Å². The van der Waals surface area contributed by atoms with Gasteiger partial charge in [0.25, 0.3) is 5.56 Å². The highest BCUT2D eigenvalue weighted by atomic mass is 16.3. The number of nitrogens with one attached hydrogen (secondary N) is 1. The van der Waals surface area contributed by atoms with E-state index in [1.165, 1.54) is 0 Å². The van der Waals surface area contributed by atoms with Crippen LogP contribution in [0.4, 0.5) is 0 Å². The number of nitrogens with zero attached hydrogens (tertiary/aromatic N) is 3. The van der Waals surface area contributed by atoms with Crippen molar-refractivity contribution < 1.29 is 5.11 Å². The molecule has 0 saturated carbocycles. The van der Waals surface area contributed by atoms with E-state index in [2.05, 4.69) is 9.97 Å². The molecular formula is C9H13N5O3. The molecule has 0 aromatic carbocycles. The molecule has 0 atom stereocenters. The Hall–Kier alpha value is -2.09. The zero-order valence-electron chi connectivity index (χ0n) is 9.30. The van der Waals surface area contributed by atoms with Gasteiger partial charge in [0.05, 0.1) is 0 Å². The zero-order chi connectivity index (χ0) is 12.6. The number of aliphatic hydroxyl groups excluding tert-OH is 1. The lowest BCUT2D eigenvalue weighted by Gasteiger charge is -2.05. The summed E-state index contributed by atoms with van der Waals surface area (Å²) in [6.45, 7) is 1.69. The van der Waals surface area contributed by atoms with Crippen molar-refractivity contribution in [3.63, 3.8) is 0 Å². The molecule has 8 heteroatoms. The first-order chi connectivity index (χ1) is 8.06. The first kappa shape index (κ1) is 11.4. The number of aromatic amines is 1. The molecule has 2 aromatic heterocycles. The van der Waals surface area contributed by atoms with E-state index in [9.17, 15) is 9.59 Å². The van der Waals surface area contributed by atoms with Crippen LogP contribution in [-0.2, 0) is 6.54 Å². The fraction of sp³-hybridized carbons (Fsp3) is 0.444. The molecule has 0 spiro atoms. The van der Waals surface area contributed by atoms with Gasteiger partial charge in [0.2, 0.25) is 0 Å². The predicted molar refractivity (Wildman–Crippen MR) is 61.2 cm³/mol. The highest BCUT2D eigenvalue weighted by molar-refractivity contribution is 5.69. The second kappa shape index (κ2) is 4.06. The van der Waals surface area contributed by atoms with Crippen LogP contribution in [0.2, 0.25) is 0 Å². The minimum Gasteiger partial charge on any atom is -0.396 e. The number of nitrogen functional groups attached to an aromatic ring is 1. The highest BCUT2D eigenvalue weighted by Crippen LogP contribution is 2.01. The van der Waals surface area contributed by atoms with Crippen molar-refractivity contribution in [1.82, 2.24) is 19.2 Å². The van der Waals surface area contributed by atoms with E-state index in [0.29, 0.717) is 12.2 Å². The Morgan fingerprint density at radius 1 is 1.47 bits per heavy atom. The molecule has 2 rings (SSSR count). The van der Waals surface area contributed by atoms with Gasteiger partial charge < -0.3 is 15.9 Å². The van der Waals surface area contributed by atoms with E-state index < -0.39 is 11.2 Å². The van der Waals surface area contributed by atoms with Gasteiger partial charge in [-0.2, -0.15) is 4.68 Å². The first-order valence-corrected chi connectivity index (χ1v) is 5.14. The lowest BCUT2D eigenvalue weighted by atomic mass is 10.4. The molecule has 0 aliphatic carbocycles. The summed E-state index contributed by atoms with van der Waals surface area (Å²) >= 11 is 0. The number of aryl methyl sites for hydroxylation is 1. The molecule has 0 amide bonds. The third-order valence-electron chi connectivity index (χ3n) is 2.47. The van der Waals surface area contributed by atoms with Crippen LogP contribution in [0, 0.1) is 6.92 Å². The number of nitrogens with two attached hydrogens (primary N) is 1. The van der Waals surface area contributed by atoms with Crippen LogP contribution < -0.4 is 17.1 Å². The number of fused-ring (bicyclic) bond motifs is 1. The van der Waals surface area contributed by atoms with Crippen LogP contribution in [0.3, 0.4) is 0 Å². The number of aromatic nitrogens is 4. The number of aliphatic hydroxyl groups is 1. The van der Waals surface area contributed by atoms with Gasteiger partial charge in [-0.25, -0.2) is 9.78 Å². The van der Waals surface area contributed by atoms with E-state index >= 15 is 0 Å². The number of hydrogen-bond donors (Lipinski definition) is 3. The average molecular weight is 239 g/mol. The van der Waals surface area contributed by atoms with Crippen molar-refractivity contribution in [3.8, 4) is 0 Å². The second-order valence-electron chi connectivity index (χ2n) is 3.71. The molecular weight excluding hydrogens is 226 g/mol. The molecule has 0 aliphatic heterocycles. The molecule has 0 aliphatic rings. The third-order valence-corrected chi connectivity index (χ3v) is 2.47. The monoisotopic (exact) mass is 239 g/mol. The number of hydrogen-bond acceptors (Lipinski definition) is 5. The van der Waals surface area contributed by atoms with Gasteiger partial charge in [0.15, 0.2) is 11.2 Å². The summed E-state index contributed by atoms with van der Waals surface area (Å²) in [5, 5.41) is 8.72. The predicted octanol–water partition coefficient (Wildman–Crippen LogP) is -1.71. The molecule has 0 radical (unpaired) electrons. The molecule has 2 aromatic rings. The molecule has 92 valence electrons. The Morgan fingerprint density at radius 2 is 2.18 bits per heavy atom. The maximum absolute atomic E-state index is 12.0. The van der Waals surface area contributed by atoms with E-state index in [0.717, 1.165) is 9.24 Å². The Balaban J connectivity index is 2.77. The Bertz CT molecular complexity index is 666. The lowest BCUT2D eigenvalue weighted by molar-refractivity contribution is 0.277. The van der Waals surface area contributed by atoms with Crippen LogP contribution >= 0.6 is 0 Å². The second-order valence-corrected chi connectivity index (χ2v) is 3.71. The minimum absolute atomic E-state index is 0.101. The third kappa shape index (κ3) is 1.72. The quantitative estimate of drug-likeness (QED) is 0.551. The van der Waals surface area contributed by atoms with Crippen LogP contribution in [0.15, 0.2) is 9.59 Å². The normalized spacial score (nSPS) is 11.2. The molecule has 2 heterocycles. The van der Waals surface area contributed by atoms with Crippen LogP contribution in [0.1, 0.15) is 12.2 Å². The smallest absolute Gasteiger partial charge is 0.351 e. The fourth-order valence-corrected chi connectivity index (χ4v) is 1.67. The van der Waals surface area contributed by atoms with Crippen molar-refractivity contribution in [2.45, 2.75) is 19.9 Å². The highest BCUT2D eigenvalue weighted by Gasteiger charge is 2.14. The lowest BCUT2D eigenvalue weighted by Crippen LogP contribution is -2.43. The number of H-pyrrole nitrogens is 1. The van der Waals surface area contributed by atoms with Gasteiger partial charge in [-0.3, -0.25) is 9.36 Å². The Morgan fingerprint density at radius 3 is 2.82 bits per heavy atom. The van der Waals surface area contributed by atoms with Gasteiger partial charge in [-0.15, -0.1) is 0 Å². The number of rotatable bonds is 3. The van der Waals surface area contributed by atoms with Crippen molar-refractivity contribution in [2.24, 2.45) is 0 Å². The summed E-state index contributed by atoms with van der Waals surface area (Å²) in [4.78, 5) is 30.5. The summed E-state index contributed by atoms with van der Waals surface area (Å²) in [5.74, 6) is 6.08. The number of imidazole rings is 1. The van der Waals surface area contributed by atoms with Crippen molar-refractivity contribution >= 4 is 11.2 Å². The maximum atomic E-state index is 12.0. The standard InChI is InChI=1S/C9H13N5O3/c1-5-11-6-7(12-5)14(10)9(17)13(8(6)16)3-2-4-15/h15H,2-4,10H2,1H3,(H,11,12). The summed E-state index contributed by atoms with van der Waals surface area (Å²) < 4.78 is 1.81. The van der Waals surface area contributed by atoms with Crippen LogP contribution in [0.25, 0.3) is 11.2 Å². The molecule has 0 fully saturated rings. The van der Waals surface area contributed by atoms with Gasteiger partial charge in [0, 0.05) is 13.2 Å². The average Bonchev–Trinajstić information content (AvgIpc) is 2.69. The summed E-state index contributed by atoms with van der Waals surface area (Å²) in [7, 11) is 0.